The molecule has 124 valence electrons. The highest BCUT2D eigenvalue weighted by molar-refractivity contribution is 6.07. The van der Waals surface area contributed by atoms with Crippen LogP contribution >= 0.6 is 0 Å². The zero-order valence-corrected chi connectivity index (χ0v) is 13.9. The van der Waals surface area contributed by atoms with Crippen molar-refractivity contribution in [2.45, 2.75) is 20.3 Å². The number of nitrogens with two attached hydrogens (primary N) is 1. The Labute approximate surface area is 141 Å². The quantitative estimate of drug-likeness (QED) is 0.628. The fourth-order valence-corrected chi connectivity index (χ4v) is 2.39. The number of benzene rings is 2. The van der Waals surface area contributed by atoms with Crippen LogP contribution in [0.3, 0.4) is 0 Å². The number of rotatable bonds is 7. The number of hydrogen-bond donors (Lipinski definition) is 1. The van der Waals surface area contributed by atoms with Gasteiger partial charge < -0.3 is 10.5 Å². The third kappa shape index (κ3) is 4.56. The number of amides is 1. The van der Waals surface area contributed by atoms with E-state index in [4.69, 9.17) is 10.5 Å². The molecule has 2 aromatic rings. The molecule has 2 aromatic carbocycles. The summed E-state index contributed by atoms with van der Waals surface area (Å²) in [6.07, 6.45) is 4.33. The van der Waals surface area contributed by atoms with Crippen molar-refractivity contribution in [2.24, 2.45) is 5.73 Å². The molecule has 0 saturated heterocycles. The second-order valence-electron chi connectivity index (χ2n) is 5.49. The molecule has 0 heterocycles. The predicted molar refractivity (Wildman–Crippen MR) is 95.1 cm³/mol. The standard InChI is InChI=1S/C20H21NO3/c1-3-15-6-4-5-7-16(15)8-10-18(22)17-9-11-19(14(2)12-17)24-13-20(21)23/h4-12H,3,13H2,1-2H3,(H2,21,23)/b10-8+. The second-order valence-corrected chi connectivity index (χ2v) is 5.49. The molecule has 0 bridgehead atoms. The van der Waals surface area contributed by atoms with Gasteiger partial charge >= 0.3 is 0 Å². The number of ketones is 1. The van der Waals surface area contributed by atoms with Crippen LogP contribution in [0.15, 0.2) is 48.5 Å². The maximum absolute atomic E-state index is 12.3. The van der Waals surface area contributed by atoms with Gasteiger partial charge in [0.25, 0.3) is 5.91 Å². The van der Waals surface area contributed by atoms with E-state index in [1.165, 1.54) is 5.56 Å². The fourth-order valence-electron chi connectivity index (χ4n) is 2.39. The molecule has 0 spiro atoms. The molecule has 2 rings (SSSR count). The molecule has 0 atom stereocenters. The summed E-state index contributed by atoms with van der Waals surface area (Å²) in [4.78, 5) is 23.1. The van der Waals surface area contributed by atoms with Gasteiger partial charge in [0.05, 0.1) is 0 Å². The molecular weight excluding hydrogens is 302 g/mol. The van der Waals surface area contributed by atoms with E-state index >= 15 is 0 Å². The summed E-state index contributed by atoms with van der Waals surface area (Å²) in [6.45, 7) is 3.73. The molecule has 0 fully saturated rings. The van der Waals surface area contributed by atoms with E-state index in [0.29, 0.717) is 11.3 Å². The van der Waals surface area contributed by atoms with E-state index in [9.17, 15) is 9.59 Å². The van der Waals surface area contributed by atoms with Gasteiger partial charge in [0.15, 0.2) is 12.4 Å². The Morgan fingerprint density at radius 2 is 1.92 bits per heavy atom. The Morgan fingerprint density at radius 3 is 2.58 bits per heavy atom. The third-order valence-corrected chi connectivity index (χ3v) is 3.68. The fraction of sp³-hybridized carbons (Fsp3) is 0.200. The van der Waals surface area contributed by atoms with E-state index in [-0.39, 0.29) is 12.4 Å². The maximum atomic E-state index is 12.3. The highest BCUT2D eigenvalue weighted by Crippen LogP contribution is 2.20. The van der Waals surface area contributed by atoms with Crippen LogP contribution in [0.5, 0.6) is 5.75 Å². The van der Waals surface area contributed by atoms with Crippen molar-refractivity contribution in [3.8, 4) is 5.75 Å². The van der Waals surface area contributed by atoms with E-state index < -0.39 is 5.91 Å². The van der Waals surface area contributed by atoms with Crippen molar-refractivity contribution in [3.63, 3.8) is 0 Å². The minimum Gasteiger partial charge on any atom is -0.484 e. The largest absolute Gasteiger partial charge is 0.484 e. The number of aryl methyl sites for hydroxylation is 2. The first-order chi connectivity index (χ1) is 11.5. The summed E-state index contributed by atoms with van der Waals surface area (Å²) in [5.41, 5.74) is 8.66. The predicted octanol–water partition coefficient (Wildman–Crippen LogP) is 3.32. The third-order valence-electron chi connectivity index (χ3n) is 3.68. The minimum atomic E-state index is -0.535. The summed E-state index contributed by atoms with van der Waals surface area (Å²) < 4.78 is 5.29. The molecule has 0 aliphatic carbocycles. The van der Waals surface area contributed by atoms with Crippen LogP contribution in [0.1, 0.15) is 34.0 Å². The lowest BCUT2D eigenvalue weighted by Crippen LogP contribution is -2.20. The number of carbonyl (C=O) groups is 2. The topological polar surface area (TPSA) is 69.4 Å². The molecular formula is C20H21NO3. The highest BCUT2D eigenvalue weighted by atomic mass is 16.5. The molecule has 0 radical (unpaired) electrons. The molecule has 2 N–H and O–H groups in total. The smallest absolute Gasteiger partial charge is 0.255 e. The van der Waals surface area contributed by atoms with Gasteiger partial charge in [-0.1, -0.05) is 37.3 Å². The van der Waals surface area contributed by atoms with Crippen LogP contribution < -0.4 is 10.5 Å². The van der Waals surface area contributed by atoms with Gasteiger partial charge in [0, 0.05) is 5.56 Å². The van der Waals surface area contributed by atoms with Crippen LogP contribution in [0.4, 0.5) is 0 Å². The Balaban J connectivity index is 2.13. The lowest BCUT2D eigenvalue weighted by molar-refractivity contribution is -0.119. The van der Waals surface area contributed by atoms with Gasteiger partial charge in [-0.25, -0.2) is 0 Å². The average molecular weight is 323 g/mol. The first-order valence-corrected chi connectivity index (χ1v) is 7.83. The zero-order chi connectivity index (χ0) is 17.5. The van der Waals surface area contributed by atoms with Crippen molar-refractivity contribution >= 4 is 17.8 Å². The summed E-state index contributed by atoms with van der Waals surface area (Å²) in [7, 11) is 0. The van der Waals surface area contributed by atoms with Crippen molar-refractivity contribution in [3.05, 3.63) is 70.8 Å². The SMILES string of the molecule is CCc1ccccc1/C=C/C(=O)c1ccc(OCC(N)=O)c(C)c1. The van der Waals surface area contributed by atoms with Crippen LogP contribution in [-0.2, 0) is 11.2 Å². The van der Waals surface area contributed by atoms with E-state index in [2.05, 4.69) is 13.0 Å². The van der Waals surface area contributed by atoms with Gasteiger partial charge in [-0.2, -0.15) is 0 Å². The second kappa shape index (κ2) is 8.11. The van der Waals surface area contributed by atoms with E-state index in [0.717, 1.165) is 17.5 Å². The molecule has 4 heteroatoms. The molecule has 0 saturated carbocycles. The van der Waals surface area contributed by atoms with Crippen molar-refractivity contribution in [1.29, 1.82) is 0 Å². The number of carbonyl (C=O) groups excluding carboxylic acids is 2. The number of ether oxygens (including phenoxy) is 1. The summed E-state index contributed by atoms with van der Waals surface area (Å²) >= 11 is 0. The molecule has 0 unspecified atom stereocenters. The van der Waals surface area contributed by atoms with Crippen LogP contribution in [0.25, 0.3) is 6.08 Å². The number of hydrogen-bond acceptors (Lipinski definition) is 3. The normalized spacial score (nSPS) is 10.8. The van der Waals surface area contributed by atoms with Crippen molar-refractivity contribution < 1.29 is 14.3 Å². The van der Waals surface area contributed by atoms with Gasteiger partial charge in [0.1, 0.15) is 5.75 Å². The Bertz CT molecular complexity index is 778. The van der Waals surface area contributed by atoms with Crippen molar-refractivity contribution in [2.75, 3.05) is 6.61 Å². The molecule has 0 aromatic heterocycles. The first kappa shape index (κ1) is 17.5. The van der Waals surface area contributed by atoms with E-state index in [1.54, 1.807) is 24.3 Å². The monoisotopic (exact) mass is 323 g/mol. The molecule has 24 heavy (non-hydrogen) atoms. The van der Waals surface area contributed by atoms with Crippen LogP contribution in [-0.4, -0.2) is 18.3 Å². The molecule has 0 aliphatic heterocycles. The van der Waals surface area contributed by atoms with Gasteiger partial charge in [0.2, 0.25) is 0 Å². The number of allylic oxidation sites excluding steroid dienone is 1. The Kier molecular flexibility index (Phi) is 5.90. The summed E-state index contributed by atoms with van der Waals surface area (Å²) in [6, 6.07) is 13.1. The Hall–Kier alpha value is -2.88. The van der Waals surface area contributed by atoms with Crippen molar-refractivity contribution in [1.82, 2.24) is 0 Å². The lowest BCUT2D eigenvalue weighted by atomic mass is 10.0. The van der Waals surface area contributed by atoms with Gasteiger partial charge in [-0.3, -0.25) is 9.59 Å². The summed E-state index contributed by atoms with van der Waals surface area (Å²) in [5.74, 6) is -0.0665. The highest BCUT2D eigenvalue weighted by Gasteiger charge is 2.07. The average Bonchev–Trinajstić information content (AvgIpc) is 2.58. The molecule has 4 nitrogen and oxygen atoms in total. The zero-order valence-electron chi connectivity index (χ0n) is 13.9. The first-order valence-electron chi connectivity index (χ1n) is 7.83. The Morgan fingerprint density at radius 1 is 1.17 bits per heavy atom. The van der Waals surface area contributed by atoms with E-state index in [1.807, 2.05) is 31.2 Å². The van der Waals surface area contributed by atoms with Crippen LogP contribution in [0.2, 0.25) is 0 Å². The molecule has 0 aliphatic rings. The number of primary amides is 1. The maximum Gasteiger partial charge on any atom is 0.255 e. The van der Waals surface area contributed by atoms with Crippen LogP contribution in [0, 0.1) is 6.92 Å². The summed E-state index contributed by atoms with van der Waals surface area (Å²) in [5, 5.41) is 0. The van der Waals surface area contributed by atoms with Gasteiger partial charge in [-0.15, -0.1) is 0 Å². The minimum absolute atomic E-state index is 0.0783. The lowest BCUT2D eigenvalue weighted by Gasteiger charge is -2.08. The van der Waals surface area contributed by atoms with Gasteiger partial charge in [-0.05, 0) is 54.3 Å². The molecule has 1 amide bonds.